The molecule has 0 aromatic heterocycles. The molecular weight excluding hydrogens is 206 g/mol. The number of rotatable bonds is 5. The summed E-state index contributed by atoms with van der Waals surface area (Å²) in [5, 5.41) is 8.57. The first-order chi connectivity index (χ1) is 7.65. The van der Waals surface area contributed by atoms with E-state index < -0.39 is 0 Å². The molecule has 0 fully saturated rings. The molecule has 0 aliphatic rings. The predicted octanol–water partition coefficient (Wildman–Crippen LogP) is 1.51. The van der Waals surface area contributed by atoms with Crippen LogP contribution in [0.25, 0.3) is 0 Å². The smallest absolute Gasteiger partial charge is 0.338 e. The molecule has 0 aliphatic heterocycles. The van der Waals surface area contributed by atoms with Crippen LogP contribution in [0, 0.1) is 6.92 Å². The van der Waals surface area contributed by atoms with Crippen molar-refractivity contribution in [2.45, 2.75) is 19.8 Å². The molecule has 0 heterocycles. The number of hydrogen-bond donors (Lipinski definition) is 2. The third-order valence-electron chi connectivity index (χ3n) is 2.26. The highest BCUT2D eigenvalue weighted by molar-refractivity contribution is 5.91. The average molecular weight is 223 g/mol. The summed E-state index contributed by atoms with van der Waals surface area (Å²) >= 11 is 0. The fraction of sp³-hybridized carbons (Fsp3) is 0.417. The lowest BCUT2D eigenvalue weighted by Crippen LogP contribution is -2.08. The zero-order chi connectivity index (χ0) is 12.0. The van der Waals surface area contributed by atoms with Crippen LogP contribution < -0.4 is 5.73 Å². The molecule has 0 bridgehead atoms. The molecule has 0 spiro atoms. The van der Waals surface area contributed by atoms with E-state index in [2.05, 4.69) is 0 Å². The Balaban J connectivity index is 2.53. The van der Waals surface area contributed by atoms with Crippen LogP contribution in [-0.4, -0.2) is 24.3 Å². The second-order valence-electron chi connectivity index (χ2n) is 3.64. The molecule has 3 N–H and O–H groups in total. The third-order valence-corrected chi connectivity index (χ3v) is 2.26. The number of unbranched alkanes of at least 4 members (excludes halogenated alkanes) is 1. The van der Waals surface area contributed by atoms with Crippen molar-refractivity contribution in [2.24, 2.45) is 0 Å². The number of aliphatic hydroxyl groups excluding tert-OH is 1. The monoisotopic (exact) mass is 223 g/mol. The number of aryl methyl sites for hydroxylation is 1. The third kappa shape index (κ3) is 3.55. The van der Waals surface area contributed by atoms with E-state index >= 15 is 0 Å². The number of aliphatic hydroxyl groups is 1. The van der Waals surface area contributed by atoms with Crippen molar-refractivity contribution in [3.63, 3.8) is 0 Å². The maximum absolute atomic E-state index is 11.6. The molecule has 0 unspecified atom stereocenters. The van der Waals surface area contributed by atoms with Crippen LogP contribution in [0.3, 0.4) is 0 Å². The quantitative estimate of drug-likeness (QED) is 0.451. The summed E-state index contributed by atoms with van der Waals surface area (Å²) < 4.78 is 5.06. The van der Waals surface area contributed by atoms with Crippen LogP contribution in [0.15, 0.2) is 18.2 Å². The van der Waals surface area contributed by atoms with Crippen molar-refractivity contribution in [1.82, 2.24) is 0 Å². The standard InChI is InChI=1S/C12H17NO3/c1-9-8-10(13)4-5-11(9)12(15)16-7-3-2-6-14/h4-5,8,14H,2-3,6-7,13H2,1H3. The summed E-state index contributed by atoms with van der Waals surface area (Å²) in [6.45, 7) is 2.28. The molecule has 0 amide bonds. The van der Waals surface area contributed by atoms with E-state index in [4.69, 9.17) is 15.6 Å². The molecule has 1 aromatic carbocycles. The number of nitrogen functional groups attached to an aromatic ring is 1. The van der Waals surface area contributed by atoms with E-state index in [-0.39, 0.29) is 12.6 Å². The Labute approximate surface area is 95.0 Å². The second kappa shape index (κ2) is 6.12. The van der Waals surface area contributed by atoms with E-state index in [1.54, 1.807) is 18.2 Å². The van der Waals surface area contributed by atoms with Gasteiger partial charge in [-0.3, -0.25) is 0 Å². The van der Waals surface area contributed by atoms with Gasteiger partial charge in [-0.2, -0.15) is 0 Å². The molecule has 16 heavy (non-hydrogen) atoms. The van der Waals surface area contributed by atoms with Gasteiger partial charge in [0.25, 0.3) is 0 Å². The Morgan fingerprint density at radius 2 is 2.19 bits per heavy atom. The number of esters is 1. The number of anilines is 1. The fourth-order valence-electron chi connectivity index (χ4n) is 1.37. The molecule has 0 saturated heterocycles. The lowest BCUT2D eigenvalue weighted by molar-refractivity contribution is 0.0492. The Kier molecular flexibility index (Phi) is 4.79. The van der Waals surface area contributed by atoms with E-state index in [0.717, 1.165) is 5.56 Å². The molecule has 4 nitrogen and oxygen atoms in total. The lowest BCUT2D eigenvalue weighted by atomic mass is 10.1. The molecule has 0 aliphatic carbocycles. The topological polar surface area (TPSA) is 72.6 Å². The van der Waals surface area contributed by atoms with Gasteiger partial charge in [-0.15, -0.1) is 0 Å². The van der Waals surface area contributed by atoms with Gasteiger partial charge in [0, 0.05) is 12.3 Å². The van der Waals surface area contributed by atoms with Crippen molar-refractivity contribution in [3.8, 4) is 0 Å². The number of carbonyl (C=O) groups excluding carboxylic acids is 1. The van der Waals surface area contributed by atoms with Crippen LogP contribution in [0.1, 0.15) is 28.8 Å². The van der Waals surface area contributed by atoms with Crippen LogP contribution in [0.2, 0.25) is 0 Å². The Bertz CT molecular complexity index is 363. The molecule has 0 saturated carbocycles. The van der Waals surface area contributed by atoms with Crippen molar-refractivity contribution in [2.75, 3.05) is 18.9 Å². The van der Waals surface area contributed by atoms with Gasteiger partial charge in [0.1, 0.15) is 0 Å². The highest BCUT2D eigenvalue weighted by Gasteiger charge is 2.09. The maximum atomic E-state index is 11.6. The van der Waals surface area contributed by atoms with Gasteiger partial charge < -0.3 is 15.6 Å². The zero-order valence-corrected chi connectivity index (χ0v) is 9.40. The highest BCUT2D eigenvalue weighted by atomic mass is 16.5. The Morgan fingerprint density at radius 1 is 1.44 bits per heavy atom. The fourth-order valence-corrected chi connectivity index (χ4v) is 1.37. The minimum atomic E-state index is -0.338. The molecule has 0 radical (unpaired) electrons. The summed E-state index contributed by atoms with van der Waals surface area (Å²) in [5.41, 5.74) is 7.57. The lowest BCUT2D eigenvalue weighted by Gasteiger charge is -2.07. The van der Waals surface area contributed by atoms with E-state index in [0.29, 0.717) is 30.7 Å². The first-order valence-electron chi connectivity index (χ1n) is 5.29. The highest BCUT2D eigenvalue weighted by Crippen LogP contribution is 2.13. The number of carbonyl (C=O) groups is 1. The van der Waals surface area contributed by atoms with Gasteiger partial charge >= 0.3 is 5.97 Å². The molecule has 1 rings (SSSR count). The van der Waals surface area contributed by atoms with Crippen molar-refractivity contribution < 1.29 is 14.6 Å². The van der Waals surface area contributed by atoms with Gasteiger partial charge in [-0.25, -0.2) is 4.79 Å². The number of benzene rings is 1. The second-order valence-corrected chi connectivity index (χ2v) is 3.64. The largest absolute Gasteiger partial charge is 0.462 e. The minimum Gasteiger partial charge on any atom is -0.462 e. The summed E-state index contributed by atoms with van der Waals surface area (Å²) in [6.07, 6.45) is 1.32. The van der Waals surface area contributed by atoms with Crippen LogP contribution in [0.5, 0.6) is 0 Å². The number of hydrogen-bond acceptors (Lipinski definition) is 4. The van der Waals surface area contributed by atoms with Crippen molar-refractivity contribution >= 4 is 11.7 Å². The SMILES string of the molecule is Cc1cc(N)ccc1C(=O)OCCCCO. The zero-order valence-electron chi connectivity index (χ0n) is 9.40. The number of nitrogens with two attached hydrogens (primary N) is 1. The summed E-state index contributed by atoms with van der Waals surface area (Å²) in [6, 6.07) is 5.08. The summed E-state index contributed by atoms with van der Waals surface area (Å²) in [7, 11) is 0. The van der Waals surface area contributed by atoms with Gasteiger partial charge in [-0.05, 0) is 43.5 Å². The Morgan fingerprint density at radius 3 is 2.81 bits per heavy atom. The van der Waals surface area contributed by atoms with Crippen LogP contribution in [-0.2, 0) is 4.74 Å². The normalized spacial score (nSPS) is 10.1. The molecular formula is C12H17NO3. The van der Waals surface area contributed by atoms with E-state index in [1.807, 2.05) is 6.92 Å². The summed E-state index contributed by atoms with van der Waals surface area (Å²) in [5.74, 6) is -0.338. The maximum Gasteiger partial charge on any atom is 0.338 e. The first-order valence-corrected chi connectivity index (χ1v) is 5.29. The first kappa shape index (κ1) is 12.5. The predicted molar refractivity (Wildman–Crippen MR) is 62.2 cm³/mol. The van der Waals surface area contributed by atoms with Crippen LogP contribution in [0.4, 0.5) is 5.69 Å². The van der Waals surface area contributed by atoms with Gasteiger partial charge in [-0.1, -0.05) is 0 Å². The van der Waals surface area contributed by atoms with Crippen molar-refractivity contribution in [3.05, 3.63) is 29.3 Å². The van der Waals surface area contributed by atoms with Gasteiger partial charge in [0.05, 0.1) is 12.2 Å². The number of ether oxygens (including phenoxy) is 1. The van der Waals surface area contributed by atoms with Crippen LogP contribution >= 0.6 is 0 Å². The molecule has 0 atom stereocenters. The molecule has 88 valence electrons. The van der Waals surface area contributed by atoms with Gasteiger partial charge in [0.15, 0.2) is 0 Å². The van der Waals surface area contributed by atoms with Gasteiger partial charge in [0.2, 0.25) is 0 Å². The molecule has 4 heteroatoms. The van der Waals surface area contributed by atoms with Crippen molar-refractivity contribution in [1.29, 1.82) is 0 Å². The minimum absolute atomic E-state index is 0.123. The van der Waals surface area contributed by atoms with E-state index in [1.165, 1.54) is 0 Å². The van der Waals surface area contributed by atoms with E-state index in [9.17, 15) is 4.79 Å². The average Bonchev–Trinajstić information content (AvgIpc) is 2.24. The molecule has 1 aromatic rings. The Hall–Kier alpha value is -1.55. The summed E-state index contributed by atoms with van der Waals surface area (Å²) in [4.78, 5) is 11.6.